The van der Waals surface area contributed by atoms with Crippen molar-refractivity contribution in [2.45, 2.75) is 89.3 Å². The van der Waals surface area contributed by atoms with Gasteiger partial charge >= 0.3 is 12.0 Å². The third-order valence-electron chi connectivity index (χ3n) is 8.25. The average molecular weight is 534 g/mol. The van der Waals surface area contributed by atoms with Gasteiger partial charge in [-0.15, -0.1) is 0 Å². The Morgan fingerprint density at radius 2 is 1.38 bits per heavy atom. The van der Waals surface area contributed by atoms with Crippen molar-refractivity contribution in [2.75, 3.05) is 19.6 Å². The van der Waals surface area contributed by atoms with E-state index < -0.39 is 24.0 Å². The lowest BCUT2D eigenvalue weighted by molar-refractivity contribution is -0.151. The van der Waals surface area contributed by atoms with Crippen LogP contribution in [0.3, 0.4) is 0 Å². The molecule has 2 aromatic rings. The van der Waals surface area contributed by atoms with Gasteiger partial charge in [-0.25, -0.2) is 9.59 Å². The van der Waals surface area contributed by atoms with Gasteiger partial charge in [-0.3, -0.25) is 4.79 Å². The number of piperazine rings is 1. The number of hydrogen-bond acceptors (Lipinski definition) is 3. The van der Waals surface area contributed by atoms with E-state index in [-0.39, 0.29) is 24.5 Å². The van der Waals surface area contributed by atoms with Crippen LogP contribution in [0.1, 0.15) is 82.3 Å². The Bertz CT molecular complexity index is 1040. The zero-order chi connectivity index (χ0) is 27.8. The normalized spacial score (nSPS) is 20.3. The number of rotatable bonds is 12. The number of nitrogens with zero attached hydrogens (tertiary/aromatic N) is 3. The highest BCUT2D eigenvalue weighted by atomic mass is 16.4. The maximum Gasteiger partial charge on any atom is 0.328 e. The molecule has 7 heteroatoms. The minimum absolute atomic E-state index is 0.0824. The molecule has 4 rings (SSSR count). The quantitative estimate of drug-likeness (QED) is 0.352. The predicted octanol–water partition coefficient (Wildman–Crippen LogP) is 5.75. The number of carboxylic acid groups (broad SMARTS) is 1. The maximum absolute atomic E-state index is 14.3. The number of carbonyl (C=O) groups excluding carboxylic acids is 2. The summed E-state index contributed by atoms with van der Waals surface area (Å²) in [7, 11) is 0. The van der Waals surface area contributed by atoms with Crippen molar-refractivity contribution in [3.05, 3.63) is 71.8 Å². The molecule has 2 saturated heterocycles. The number of carboxylic acids is 1. The molecule has 0 aromatic heterocycles. The second kappa shape index (κ2) is 13.6. The Labute approximate surface area is 232 Å². The van der Waals surface area contributed by atoms with E-state index in [0.717, 1.165) is 49.7 Å². The summed E-state index contributed by atoms with van der Waals surface area (Å²) in [5.74, 6) is -1.64. The molecule has 2 bridgehead atoms. The second-order valence-electron chi connectivity index (χ2n) is 10.9. The molecule has 7 nitrogen and oxygen atoms in total. The lowest BCUT2D eigenvalue weighted by Crippen LogP contribution is -2.67. The molecule has 39 heavy (non-hydrogen) atoms. The molecule has 210 valence electrons. The summed E-state index contributed by atoms with van der Waals surface area (Å²) in [6.45, 7) is 5.81. The number of benzene rings is 2. The number of likely N-dealkylation sites (tertiary alicyclic amines) is 1. The van der Waals surface area contributed by atoms with Gasteiger partial charge in [-0.05, 0) is 36.8 Å². The molecule has 3 atom stereocenters. The topological polar surface area (TPSA) is 81.2 Å². The molecule has 0 saturated carbocycles. The van der Waals surface area contributed by atoms with Gasteiger partial charge < -0.3 is 19.8 Å². The summed E-state index contributed by atoms with van der Waals surface area (Å²) in [6, 6.07) is 17.4. The second-order valence-corrected chi connectivity index (χ2v) is 10.9. The standard InChI is InChI=1S/C32H43N3O4/c1-3-5-13-21-33(22-14-6-4-2)32(39)34-23-26-19-20-27(29(34)31(37)38)35(26)30(36)28(24-15-9-7-10-16-24)25-17-11-8-12-18-25/h7-12,15-18,26-29H,3-6,13-14,19-23H2,1-2H3,(H,37,38)/t26-,27+,29-/m0/s1. The smallest absolute Gasteiger partial charge is 0.328 e. The molecule has 0 aliphatic carbocycles. The van der Waals surface area contributed by atoms with Crippen molar-refractivity contribution >= 4 is 17.9 Å². The summed E-state index contributed by atoms with van der Waals surface area (Å²) in [4.78, 5) is 46.1. The first-order valence-corrected chi connectivity index (χ1v) is 14.7. The molecule has 2 aliphatic rings. The first-order chi connectivity index (χ1) is 19.0. The Morgan fingerprint density at radius 1 is 0.846 bits per heavy atom. The van der Waals surface area contributed by atoms with Crippen LogP contribution in [0.5, 0.6) is 0 Å². The summed E-state index contributed by atoms with van der Waals surface area (Å²) >= 11 is 0. The van der Waals surface area contributed by atoms with Crippen LogP contribution in [0.15, 0.2) is 60.7 Å². The lowest BCUT2D eigenvalue weighted by Gasteiger charge is -2.47. The van der Waals surface area contributed by atoms with Crippen molar-refractivity contribution < 1.29 is 19.5 Å². The molecule has 0 radical (unpaired) electrons. The van der Waals surface area contributed by atoms with E-state index in [1.807, 2.05) is 70.5 Å². The number of urea groups is 1. The maximum atomic E-state index is 14.3. The van der Waals surface area contributed by atoms with E-state index in [4.69, 9.17) is 0 Å². The average Bonchev–Trinajstić information content (AvgIpc) is 3.25. The molecule has 2 fully saturated rings. The van der Waals surface area contributed by atoms with E-state index in [2.05, 4.69) is 13.8 Å². The Kier molecular flexibility index (Phi) is 10.0. The minimum Gasteiger partial charge on any atom is -0.480 e. The number of unbranched alkanes of at least 4 members (excludes halogenated alkanes) is 4. The monoisotopic (exact) mass is 533 g/mol. The van der Waals surface area contributed by atoms with E-state index in [9.17, 15) is 19.5 Å². The van der Waals surface area contributed by atoms with Crippen LogP contribution in [0.25, 0.3) is 0 Å². The highest BCUT2D eigenvalue weighted by Gasteiger charge is 2.54. The fraction of sp³-hybridized carbons (Fsp3) is 0.531. The largest absolute Gasteiger partial charge is 0.480 e. The molecule has 2 aromatic carbocycles. The van der Waals surface area contributed by atoms with E-state index in [0.29, 0.717) is 25.9 Å². The highest BCUT2D eigenvalue weighted by molar-refractivity contribution is 5.90. The zero-order valence-electron chi connectivity index (χ0n) is 23.4. The van der Waals surface area contributed by atoms with Gasteiger partial charge in [0.15, 0.2) is 6.04 Å². The van der Waals surface area contributed by atoms with Gasteiger partial charge in [0.25, 0.3) is 0 Å². The third kappa shape index (κ3) is 6.45. The van der Waals surface area contributed by atoms with E-state index >= 15 is 0 Å². The number of fused-ring (bicyclic) bond motifs is 2. The van der Waals surface area contributed by atoms with Gasteiger partial charge in [-0.2, -0.15) is 0 Å². The molecule has 1 N–H and O–H groups in total. The van der Waals surface area contributed by atoms with Crippen molar-refractivity contribution in [2.24, 2.45) is 0 Å². The summed E-state index contributed by atoms with van der Waals surface area (Å²) in [6.07, 6.45) is 7.29. The molecule has 2 heterocycles. The van der Waals surface area contributed by atoms with Gasteiger partial charge in [0, 0.05) is 25.7 Å². The molecule has 2 aliphatic heterocycles. The minimum atomic E-state index is -1.05. The van der Waals surface area contributed by atoms with Crippen LogP contribution in [0, 0.1) is 0 Å². The Hall–Kier alpha value is -3.35. The third-order valence-corrected chi connectivity index (χ3v) is 8.25. The number of amides is 3. The zero-order valence-corrected chi connectivity index (χ0v) is 23.4. The van der Waals surface area contributed by atoms with Crippen molar-refractivity contribution in [3.63, 3.8) is 0 Å². The van der Waals surface area contributed by atoms with Crippen LogP contribution >= 0.6 is 0 Å². The number of aliphatic carboxylic acids is 1. The van der Waals surface area contributed by atoms with Crippen molar-refractivity contribution in [3.8, 4) is 0 Å². The fourth-order valence-electron chi connectivity index (χ4n) is 6.30. The molecule has 0 spiro atoms. The van der Waals surface area contributed by atoms with Crippen molar-refractivity contribution in [1.29, 1.82) is 0 Å². The Morgan fingerprint density at radius 3 is 1.87 bits per heavy atom. The Balaban J connectivity index is 1.61. The molecular formula is C32H43N3O4. The van der Waals surface area contributed by atoms with Crippen LogP contribution in [-0.2, 0) is 9.59 Å². The van der Waals surface area contributed by atoms with E-state index in [1.54, 1.807) is 4.90 Å². The van der Waals surface area contributed by atoms with Crippen LogP contribution in [-0.4, -0.2) is 75.5 Å². The SMILES string of the molecule is CCCCCN(CCCCC)C(=O)N1C[C@@H]2CC[C@H]([C@H]1C(=O)O)N2C(=O)C(c1ccccc1)c1ccccc1. The van der Waals surface area contributed by atoms with Gasteiger partial charge in [0.05, 0.1) is 12.0 Å². The van der Waals surface area contributed by atoms with Crippen LogP contribution in [0.2, 0.25) is 0 Å². The summed E-state index contributed by atoms with van der Waals surface area (Å²) in [5, 5.41) is 10.4. The fourth-order valence-corrected chi connectivity index (χ4v) is 6.30. The molecule has 0 unspecified atom stereocenters. The van der Waals surface area contributed by atoms with Crippen molar-refractivity contribution in [1.82, 2.24) is 14.7 Å². The number of carbonyl (C=O) groups is 3. The lowest BCUT2D eigenvalue weighted by atomic mass is 9.88. The first-order valence-electron chi connectivity index (χ1n) is 14.7. The van der Waals surface area contributed by atoms with Crippen LogP contribution < -0.4 is 0 Å². The summed E-state index contributed by atoms with van der Waals surface area (Å²) in [5.41, 5.74) is 1.77. The molecule has 3 amide bonds. The van der Waals surface area contributed by atoms with E-state index in [1.165, 1.54) is 0 Å². The molecular weight excluding hydrogens is 490 g/mol. The predicted molar refractivity (Wildman–Crippen MR) is 153 cm³/mol. The first kappa shape index (κ1) is 28.7. The van der Waals surface area contributed by atoms with Gasteiger partial charge in [0.1, 0.15) is 0 Å². The van der Waals surface area contributed by atoms with Crippen LogP contribution in [0.4, 0.5) is 4.79 Å². The van der Waals surface area contributed by atoms with Gasteiger partial charge in [-0.1, -0.05) is 100 Å². The van der Waals surface area contributed by atoms with Gasteiger partial charge in [0.2, 0.25) is 5.91 Å². The summed E-state index contributed by atoms with van der Waals surface area (Å²) < 4.78 is 0. The number of hydrogen-bond donors (Lipinski definition) is 1. The highest BCUT2D eigenvalue weighted by Crippen LogP contribution is 2.39.